The molecule has 0 aliphatic heterocycles. The van der Waals surface area contributed by atoms with Crippen LogP contribution in [0.4, 0.5) is 11.4 Å². The molecule has 1 aromatic rings. The highest BCUT2D eigenvalue weighted by Crippen LogP contribution is 2.44. The lowest BCUT2D eigenvalue weighted by molar-refractivity contribution is -0.396. The van der Waals surface area contributed by atoms with Gasteiger partial charge in [0.1, 0.15) is 5.56 Å². The van der Waals surface area contributed by atoms with Crippen LogP contribution in [0.5, 0.6) is 5.75 Å². The maximum absolute atomic E-state index is 11.3. The van der Waals surface area contributed by atoms with E-state index in [1.54, 1.807) is 6.92 Å². The summed E-state index contributed by atoms with van der Waals surface area (Å²) in [4.78, 5) is 21.1. The zero-order valence-electron chi connectivity index (χ0n) is 12.2. The molecule has 0 saturated heterocycles. The second-order valence-electron chi connectivity index (χ2n) is 5.44. The normalized spacial score (nSPS) is 11.2. The lowest BCUT2D eigenvalue weighted by Gasteiger charge is -2.22. The second kappa shape index (κ2) is 5.44. The summed E-state index contributed by atoms with van der Waals surface area (Å²) >= 11 is 0. The van der Waals surface area contributed by atoms with Crippen LogP contribution in [-0.2, 0) is 5.41 Å². The zero-order chi connectivity index (χ0) is 15.7. The van der Waals surface area contributed by atoms with Gasteiger partial charge in [-0.2, -0.15) is 0 Å². The van der Waals surface area contributed by atoms with E-state index < -0.39 is 15.3 Å². The van der Waals surface area contributed by atoms with E-state index in [9.17, 15) is 20.2 Å². The van der Waals surface area contributed by atoms with E-state index in [1.807, 2.05) is 20.8 Å². The summed E-state index contributed by atoms with van der Waals surface area (Å²) in [6, 6.07) is 1.37. The van der Waals surface area contributed by atoms with Crippen LogP contribution in [0.1, 0.15) is 38.8 Å². The molecular weight excluding hydrogens is 264 g/mol. The fourth-order valence-corrected chi connectivity index (χ4v) is 1.99. The van der Waals surface area contributed by atoms with Crippen molar-refractivity contribution < 1.29 is 14.6 Å². The van der Waals surface area contributed by atoms with Crippen molar-refractivity contribution in [3.63, 3.8) is 0 Å². The van der Waals surface area contributed by atoms with Gasteiger partial charge in [-0.3, -0.25) is 20.2 Å². The number of ether oxygens (including phenoxy) is 1. The Labute approximate surface area is 116 Å². The van der Waals surface area contributed by atoms with Crippen molar-refractivity contribution in [2.45, 2.75) is 40.0 Å². The Kier molecular flexibility index (Phi) is 4.32. The number of nitro groups is 2. The third-order valence-corrected chi connectivity index (χ3v) is 2.96. The first-order valence-electron chi connectivity index (χ1n) is 6.20. The molecule has 0 fully saturated rings. The van der Waals surface area contributed by atoms with Crippen LogP contribution in [-0.4, -0.2) is 16.5 Å². The van der Waals surface area contributed by atoms with Crippen molar-refractivity contribution in [2.24, 2.45) is 0 Å². The quantitative estimate of drug-likeness (QED) is 0.622. The van der Waals surface area contributed by atoms with Crippen LogP contribution in [0.3, 0.4) is 0 Å². The van der Waals surface area contributed by atoms with Crippen molar-refractivity contribution in [3.05, 3.63) is 37.4 Å². The minimum Gasteiger partial charge on any atom is -0.487 e. The van der Waals surface area contributed by atoms with Gasteiger partial charge in [-0.25, -0.2) is 0 Å². The number of nitro benzene ring substituents is 2. The highest BCUT2D eigenvalue weighted by Gasteiger charge is 2.34. The molecule has 0 heterocycles. The molecule has 0 aliphatic carbocycles. The summed E-state index contributed by atoms with van der Waals surface area (Å²) < 4.78 is 5.41. The van der Waals surface area contributed by atoms with E-state index in [4.69, 9.17) is 4.74 Å². The predicted molar refractivity (Wildman–Crippen MR) is 74.4 cm³/mol. The third kappa shape index (κ3) is 2.87. The van der Waals surface area contributed by atoms with Gasteiger partial charge in [0.05, 0.1) is 16.5 Å². The highest BCUT2D eigenvalue weighted by molar-refractivity contribution is 5.66. The monoisotopic (exact) mass is 282 g/mol. The van der Waals surface area contributed by atoms with Crippen LogP contribution >= 0.6 is 0 Å². The molecule has 0 atom stereocenters. The van der Waals surface area contributed by atoms with Gasteiger partial charge in [0.25, 0.3) is 5.69 Å². The molecule has 0 aliphatic rings. The van der Waals surface area contributed by atoms with Gasteiger partial charge in [-0.15, -0.1) is 0 Å². The molecule has 20 heavy (non-hydrogen) atoms. The fraction of sp³-hybridized carbons (Fsp3) is 0.538. The Balaban J connectivity index is 3.82. The topological polar surface area (TPSA) is 95.5 Å². The van der Waals surface area contributed by atoms with E-state index in [-0.39, 0.29) is 29.3 Å². The molecule has 7 heteroatoms. The van der Waals surface area contributed by atoms with E-state index in [0.29, 0.717) is 5.56 Å². The summed E-state index contributed by atoms with van der Waals surface area (Å²) in [7, 11) is 0. The zero-order valence-corrected chi connectivity index (χ0v) is 12.2. The van der Waals surface area contributed by atoms with E-state index in [2.05, 4.69) is 0 Å². The molecule has 0 saturated carbocycles. The average Bonchev–Trinajstić information content (AvgIpc) is 2.26. The molecule has 0 aromatic heterocycles. The van der Waals surface area contributed by atoms with Crippen LogP contribution < -0.4 is 4.74 Å². The van der Waals surface area contributed by atoms with Crippen molar-refractivity contribution in [1.29, 1.82) is 0 Å². The molecule has 0 radical (unpaired) electrons. The number of nitrogens with zero attached hydrogens (tertiary/aromatic N) is 2. The molecule has 1 aromatic carbocycles. The highest BCUT2D eigenvalue weighted by atomic mass is 16.6. The Morgan fingerprint density at radius 2 is 1.75 bits per heavy atom. The lowest BCUT2D eigenvalue weighted by Crippen LogP contribution is -2.16. The van der Waals surface area contributed by atoms with Crippen LogP contribution in [0.2, 0.25) is 0 Å². The van der Waals surface area contributed by atoms with Crippen LogP contribution in [0.15, 0.2) is 6.07 Å². The first kappa shape index (κ1) is 15.9. The van der Waals surface area contributed by atoms with Gasteiger partial charge in [-0.05, 0) is 19.3 Å². The van der Waals surface area contributed by atoms with E-state index in [1.165, 1.54) is 13.0 Å². The van der Waals surface area contributed by atoms with Crippen LogP contribution in [0.25, 0.3) is 0 Å². The largest absolute Gasteiger partial charge is 0.487 e. The standard InChI is InChI=1S/C13H18N2O5/c1-6-20-12-9(13(3,4)5)7-10(14(16)17)8(2)11(12)15(18)19/h7H,6H2,1-5H3. The molecule has 0 N–H and O–H groups in total. The molecule has 0 amide bonds. The van der Waals surface area contributed by atoms with Crippen molar-refractivity contribution in [2.75, 3.05) is 6.61 Å². The SMILES string of the molecule is CCOc1c(C(C)(C)C)cc([N+](=O)[O-])c(C)c1[N+](=O)[O-]. The molecule has 0 bridgehead atoms. The maximum atomic E-state index is 11.3. The second-order valence-corrected chi connectivity index (χ2v) is 5.44. The van der Waals surface area contributed by atoms with Crippen molar-refractivity contribution in [1.82, 2.24) is 0 Å². The maximum Gasteiger partial charge on any atom is 0.320 e. The molecule has 0 unspecified atom stereocenters. The molecule has 1 rings (SSSR count). The number of hydrogen-bond donors (Lipinski definition) is 0. The Morgan fingerprint density at radius 3 is 2.10 bits per heavy atom. The summed E-state index contributed by atoms with van der Waals surface area (Å²) in [5.41, 5.74) is -0.621. The molecule has 0 spiro atoms. The smallest absolute Gasteiger partial charge is 0.320 e. The van der Waals surface area contributed by atoms with E-state index >= 15 is 0 Å². The molecular formula is C13H18N2O5. The first-order valence-corrected chi connectivity index (χ1v) is 6.20. The number of rotatable bonds is 4. The average molecular weight is 282 g/mol. The Morgan fingerprint density at radius 1 is 1.20 bits per heavy atom. The van der Waals surface area contributed by atoms with Gasteiger partial charge in [-0.1, -0.05) is 20.8 Å². The minimum atomic E-state index is -0.622. The summed E-state index contributed by atoms with van der Waals surface area (Å²) in [5, 5.41) is 22.4. The van der Waals surface area contributed by atoms with Gasteiger partial charge < -0.3 is 4.74 Å². The van der Waals surface area contributed by atoms with Gasteiger partial charge in [0.2, 0.25) is 5.75 Å². The van der Waals surface area contributed by atoms with Crippen molar-refractivity contribution >= 4 is 11.4 Å². The third-order valence-electron chi connectivity index (χ3n) is 2.96. The summed E-state index contributed by atoms with van der Waals surface area (Å²) in [6.45, 7) is 8.81. The summed E-state index contributed by atoms with van der Waals surface area (Å²) in [6.07, 6.45) is 0. The van der Waals surface area contributed by atoms with E-state index in [0.717, 1.165) is 0 Å². The fourth-order valence-electron chi connectivity index (χ4n) is 1.99. The first-order chi connectivity index (χ1) is 9.11. The number of benzene rings is 1. The molecule has 7 nitrogen and oxygen atoms in total. The predicted octanol–water partition coefficient (Wildman–Crippen LogP) is 3.51. The molecule has 110 valence electrons. The lowest BCUT2D eigenvalue weighted by atomic mass is 9.84. The summed E-state index contributed by atoms with van der Waals surface area (Å²) in [5.74, 6) is 0.119. The van der Waals surface area contributed by atoms with Crippen molar-refractivity contribution in [3.8, 4) is 5.75 Å². The minimum absolute atomic E-state index is 0.0106. The van der Waals surface area contributed by atoms with Gasteiger partial charge in [0.15, 0.2) is 0 Å². The van der Waals surface area contributed by atoms with Gasteiger partial charge in [0, 0.05) is 11.6 Å². The number of hydrogen-bond acceptors (Lipinski definition) is 5. The van der Waals surface area contributed by atoms with Gasteiger partial charge >= 0.3 is 5.69 Å². The Hall–Kier alpha value is -2.18. The Bertz CT molecular complexity index is 561. The van der Waals surface area contributed by atoms with Crippen LogP contribution in [0, 0.1) is 27.2 Å².